The summed E-state index contributed by atoms with van der Waals surface area (Å²) in [5.74, 6) is 0.459. The minimum absolute atomic E-state index is 0.459. The van der Waals surface area contributed by atoms with Crippen molar-refractivity contribution in [3.8, 4) is 0 Å². The summed E-state index contributed by atoms with van der Waals surface area (Å²) in [5.41, 5.74) is 10.6. The third-order valence-corrected chi connectivity index (χ3v) is 2.98. The van der Waals surface area contributed by atoms with Crippen molar-refractivity contribution in [3.63, 3.8) is 0 Å². The molecule has 0 fully saturated rings. The zero-order valence-electron chi connectivity index (χ0n) is 10.9. The minimum atomic E-state index is 0.459. The number of aryl methyl sites for hydroxylation is 2. The molecule has 0 saturated heterocycles. The van der Waals surface area contributed by atoms with E-state index >= 15 is 0 Å². The van der Waals surface area contributed by atoms with E-state index in [0.717, 1.165) is 22.7 Å². The maximum atomic E-state index is 5.83. The van der Waals surface area contributed by atoms with Crippen LogP contribution in [-0.4, -0.2) is 14.6 Å². The van der Waals surface area contributed by atoms with Crippen LogP contribution in [0.2, 0.25) is 0 Å². The summed E-state index contributed by atoms with van der Waals surface area (Å²) < 4.78 is 1.70. The molecule has 0 atom stereocenters. The van der Waals surface area contributed by atoms with E-state index < -0.39 is 0 Å². The maximum absolute atomic E-state index is 5.83. The molecule has 3 N–H and O–H groups in total. The van der Waals surface area contributed by atoms with Crippen LogP contribution in [0.4, 0.5) is 17.2 Å². The van der Waals surface area contributed by atoms with Crippen LogP contribution in [0, 0.1) is 13.8 Å². The molecule has 0 aliphatic heterocycles. The number of nitrogens with two attached hydrogens (primary N) is 1. The van der Waals surface area contributed by atoms with Crippen LogP contribution in [0.5, 0.6) is 0 Å². The Morgan fingerprint density at radius 3 is 2.74 bits per heavy atom. The first-order valence-electron chi connectivity index (χ1n) is 6.08. The molecule has 3 rings (SSSR count). The Balaban J connectivity index is 2.12. The maximum Gasteiger partial charge on any atom is 0.177 e. The molecular weight excluding hydrogens is 238 g/mol. The molecule has 0 aliphatic rings. The lowest BCUT2D eigenvalue weighted by Crippen LogP contribution is -2.02. The number of nitrogens with zero attached hydrogens (tertiary/aromatic N) is 3. The number of rotatable bonds is 2. The summed E-state index contributed by atoms with van der Waals surface area (Å²) in [6.07, 6.45) is 1.86. The molecule has 0 aliphatic carbocycles. The average Bonchev–Trinajstić information content (AvgIpc) is 2.72. The van der Waals surface area contributed by atoms with E-state index in [0.29, 0.717) is 5.82 Å². The first-order valence-corrected chi connectivity index (χ1v) is 6.08. The van der Waals surface area contributed by atoms with Crippen molar-refractivity contribution in [2.45, 2.75) is 13.8 Å². The molecule has 19 heavy (non-hydrogen) atoms. The molecule has 2 heterocycles. The molecule has 0 unspecified atom stereocenters. The monoisotopic (exact) mass is 253 g/mol. The van der Waals surface area contributed by atoms with E-state index in [1.54, 1.807) is 10.6 Å². The normalized spacial score (nSPS) is 10.8. The third kappa shape index (κ3) is 2.10. The third-order valence-electron chi connectivity index (χ3n) is 2.98. The van der Waals surface area contributed by atoms with Gasteiger partial charge in [-0.3, -0.25) is 0 Å². The van der Waals surface area contributed by atoms with E-state index in [1.165, 1.54) is 5.56 Å². The van der Waals surface area contributed by atoms with E-state index in [1.807, 2.05) is 31.3 Å². The topological polar surface area (TPSA) is 68.2 Å². The smallest absolute Gasteiger partial charge is 0.177 e. The number of hydrogen-bond acceptors (Lipinski definition) is 4. The summed E-state index contributed by atoms with van der Waals surface area (Å²) in [4.78, 5) is 4.46. The number of fused-ring (bicyclic) bond motifs is 1. The molecule has 2 aromatic heterocycles. The van der Waals surface area contributed by atoms with Crippen molar-refractivity contribution in [1.82, 2.24) is 14.6 Å². The van der Waals surface area contributed by atoms with E-state index in [-0.39, 0.29) is 0 Å². The SMILES string of the molecule is Cc1cn2nc(N)cc(Nc3ccccc3C)c2n1. The highest BCUT2D eigenvalue weighted by Crippen LogP contribution is 2.24. The Kier molecular flexibility index (Phi) is 2.59. The van der Waals surface area contributed by atoms with E-state index in [2.05, 4.69) is 28.4 Å². The van der Waals surface area contributed by atoms with Crippen LogP contribution in [0.15, 0.2) is 36.5 Å². The molecule has 0 amide bonds. The Morgan fingerprint density at radius 2 is 1.95 bits per heavy atom. The van der Waals surface area contributed by atoms with Crippen LogP contribution in [0.25, 0.3) is 5.65 Å². The molecule has 5 nitrogen and oxygen atoms in total. The highest BCUT2D eigenvalue weighted by atomic mass is 15.3. The predicted molar refractivity (Wildman–Crippen MR) is 76.6 cm³/mol. The zero-order valence-corrected chi connectivity index (χ0v) is 10.9. The fraction of sp³-hybridized carbons (Fsp3) is 0.143. The van der Waals surface area contributed by atoms with Gasteiger partial charge in [0.15, 0.2) is 5.65 Å². The molecular formula is C14H15N5. The molecule has 0 saturated carbocycles. The van der Waals surface area contributed by atoms with Crippen LogP contribution in [-0.2, 0) is 0 Å². The number of nitrogen functional groups attached to an aromatic ring is 1. The van der Waals surface area contributed by atoms with Gasteiger partial charge >= 0.3 is 0 Å². The summed E-state index contributed by atoms with van der Waals surface area (Å²) in [7, 11) is 0. The van der Waals surface area contributed by atoms with Crippen molar-refractivity contribution >= 4 is 22.8 Å². The van der Waals surface area contributed by atoms with Gasteiger partial charge in [0.1, 0.15) is 5.82 Å². The van der Waals surface area contributed by atoms with Gasteiger partial charge in [-0.15, -0.1) is 5.10 Å². The fourth-order valence-corrected chi connectivity index (χ4v) is 2.06. The summed E-state index contributed by atoms with van der Waals surface area (Å²) in [6.45, 7) is 3.99. The standard InChI is InChI=1S/C14H15N5/c1-9-5-3-4-6-11(9)17-12-7-13(15)18-19-8-10(2)16-14(12)19/h3-8,17H,1-2H3,(H2,15,18). The van der Waals surface area contributed by atoms with Crippen molar-refractivity contribution in [3.05, 3.63) is 47.8 Å². The predicted octanol–water partition coefficient (Wildman–Crippen LogP) is 2.67. The van der Waals surface area contributed by atoms with Crippen molar-refractivity contribution in [1.29, 1.82) is 0 Å². The lowest BCUT2D eigenvalue weighted by atomic mass is 10.2. The van der Waals surface area contributed by atoms with Gasteiger partial charge in [0, 0.05) is 11.8 Å². The van der Waals surface area contributed by atoms with Gasteiger partial charge in [-0.05, 0) is 25.5 Å². The van der Waals surface area contributed by atoms with Crippen LogP contribution in [0.3, 0.4) is 0 Å². The van der Waals surface area contributed by atoms with E-state index in [9.17, 15) is 0 Å². The molecule has 96 valence electrons. The van der Waals surface area contributed by atoms with Gasteiger partial charge in [-0.25, -0.2) is 9.50 Å². The van der Waals surface area contributed by atoms with E-state index in [4.69, 9.17) is 5.73 Å². The number of nitrogens with one attached hydrogen (secondary N) is 1. The van der Waals surface area contributed by atoms with Gasteiger partial charge in [-0.1, -0.05) is 18.2 Å². The average molecular weight is 253 g/mol. The van der Waals surface area contributed by atoms with Crippen molar-refractivity contribution < 1.29 is 0 Å². The lowest BCUT2D eigenvalue weighted by molar-refractivity contribution is 0.945. The largest absolute Gasteiger partial charge is 0.382 e. The van der Waals surface area contributed by atoms with Crippen molar-refractivity contribution in [2.75, 3.05) is 11.1 Å². The molecule has 0 spiro atoms. The number of imidazole rings is 1. The highest BCUT2D eigenvalue weighted by Gasteiger charge is 2.08. The highest BCUT2D eigenvalue weighted by molar-refractivity contribution is 5.76. The second kappa shape index (κ2) is 4.28. The lowest BCUT2D eigenvalue weighted by Gasteiger charge is -2.10. The second-order valence-electron chi connectivity index (χ2n) is 4.57. The molecule has 1 aromatic carbocycles. The molecule has 3 aromatic rings. The van der Waals surface area contributed by atoms with Gasteiger partial charge in [-0.2, -0.15) is 0 Å². The van der Waals surface area contributed by atoms with Gasteiger partial charge < -0.3 is 11.1 Å². The summed E-state index contributed by atoms with van der Waals surface area (Å²) >= 11 is 0. The van der Waals surface area contributed by atoms with Gasteiger partial charge in [0.25, 0.3) is 0 Å². The minimum Gasteiger partial charge on any atom is -0.382 e. The number of para-hydroxylation sites is 1. The Hall–Kier alpha value is -2.56. The fourth-order valence-electron chi connectivity index (χ4n) is 2.06. The second-order valence-corrected chi connectivity index (χ2v) is 4.57. The summed E-state index contributed by atoms with van der Waals surface area (Å²) in [5, 5.41) is 7.58. The Labute approximate surface area is 111 Å². The first-order chi connectivity index (χ1) is 9.13. The van der Waals surface area contributed by atoms with Crippen LogP contribution >= 0.6 is 0 Å². The molecule has 5 heteroatoms. The summed E-state index contributed by atoms with van der Waals surface area (Å²) in [6, 6.07) is 9.89. The zero-order chi connectivity index (χ0) is 13.4. The van der Waals surface area contributed by atoms with Gasteiger partial charge in [0.2, 0.25) is 0 Å². The quantitative estimate of drug-likeness (QED) is 0.736. The van der Waals surface area contributed by atoms with Crippen LogP contribution in [0.1, 0.15) is 11.3 Å². The first kappa shape index (κ1) is 11.5. The molecule has 0 bridgehead atoms. The number of aromatic nitrogens is 3. The van der Waals surface area contributed by atoms with Crippen LogP contribution < -0.4 is 11.1 Å². The Bertz CT molecular complexity index is 745. The Morgan fingerprint density at radius 1 is 1.16 bits per heavy atom. The number of benzene rings is 1. The molecule has 0 radical (unpaired) electrons. The van der Waals surface area contributed by atoms with Gasteiger partial charge in [0.05, 0.1) is 17.6 Å². The van der Waals surface area contributed by atoms with Crippen molar-refractivity contribution in [2.24, 2.45) is 0 Å². The number of hydrogen-bond donors (Lipinski definition) is 2. The number of anilines is 3.